The van der Waals surface area contributed by atoms with Crippen molar-refractivity contribution in [1.82, 2.24) is 0 Å². The molecule has 2 atom stereocenters. The second kappa shape index (κ2) is 10.5. The van der Waals surface area contributed by atoms with E-state index in [0.717, 1.165) is 5.92 Å². The standard InChI is InChI=1S/C13H27N.BF4/c1-3-4-5-6-7-8-9-13-10-11-14(2)12-13;2-1(3,4)5/h13H,3-12H2,1-2H3;/q;-1/p+1. The maximum atomic E-state index is 9.75. The topological polar surface area (TPSA) is 4.44 Å². The summed E-state index contributed by atoms with van der Waals surface area (Å²) in [5.74, 6) is 1.06. The Morgan fingerprint density at radius 3 is 2.00 bits per heavy atom. The molecule has 1 rings (SSSR count). The molecule has 0 aromatic heterocycles. The zero-order chi connectivity index (χ0) is 14.7. The molecule has 2 unspecified atom stereocenters. The first-order chi connectivity index (χ1) is 8.83. The summed E-state index contributed by atoms with van der Waals surface area (Å²) in [7, 11) is -3.67. The fourth-order valence-corrected chi connectivity index (χ4v) is 2.61. The van der Waals surface area contributed by atoms with Crippen molar-refractivity contribution < 1.29 is 22.2 Å². The van der Waals surface area contributed by atoms with Crippen molar-refractivity contribution in [3.8, 4) is 0 Å². The van der Waals surface area contributed by atoms with Gasteiger partial charge in [0.25, 0.3) is 0 Å². The molecule has 1 heterocycles. The molecule has 1 aliphatic heterocycles. The lowest BCUT2D eigenvalue weighted by molar-refractivity contribution is -0.867. The van der Waals surface area contributed by atoms with Crippen LogP contribution in [0.3, 0.4) is 0 Å². The van der Waals surface area contributed by atoms with Crippen molar-refractivity contribution in [3.05, 3.63) is 0 Å². The molecular weight excluding hydrogens is 257 g/mol. The molecule has 1 aliphatic rings. The summed E-state index contributed by atoms with van der Waals surface area (Å²) in [5.41, 5.74) is 0. The van der Waals surface area contributed by atoms with E-state index in [-0.39, 0.29) is 0 Å². The number of quaternary nitrogens is 1. The van der Waals surface area contributed by atoms with E-state index < -0.39 is 7.25 Å². The van der Waals surface area contributed by atoms with Crippen LogP contribution in [0.2, 0.25) is 0 Å². The third-order valence-corrected chi connectivity index (χ3v) is 3.58. The van der Waals surface area contributed by atoms with E-state index in [4.69, 9.17) is 0 Å². The predicted octanol–water partition coefficient (Wildman–Crippen LogP) is 3.57. The molecule has 0 aromatic carbocycles. The third kappa shape index (κ3) is 15.7. The lowest BCUT2D eigenvalue weighted by Gasteiger charge is -2.07. The molecule has 1 N–H and O–H groups in total. The minimum Gasteiger partial charge on any atom is -0.418 e. The van der Waals surface area contributed by atoms with Gasteiger partial charge in [-0.25, -0.2) is 0 Å². The quantitative estimate of drug-likeness (QED) is 0.414. The van der Waals surface area contributed by atoms with Gasteiger partial charge in [-0.15, -0.1) is 0 Å². The molecule has 0 bridgehead atoms. The summed E-state index contributed by atoms with van der Waals surface area (Å²) in [4.78, 5) is 1.75. The van der Waals surface area contributed by atoms with Crippen molar-refractivity contribution in [1.29, 1.82) is 0 Å². The van der Waals surface area contributed by atoms with Crippen molar-refractivity contribution in [2.75, 3.05) is 20.1 Å². The van der Waals surface area contributed by atoms with Crippen molar-refractivity contribution >= 4 is 7.25 Å². The molecule has 0 spiro atoms. The number of likely N-dealkylation sites (tertiary alicyclic amines) is 1. The van der Waals surface area contributed by atoms with Crippen LogP contribution in [0, 0.1) is 5.92 Å². The summed E-state index contributed by atoms with van der Waals surface area (Å²) in [6, 6.07) is 0. The summed E-state index contributed by atoms with van der Waals surface area (Å²) in [6.45, 7) is 5.15. The van der Waals surface area contributed by atoms with Crippen LogP contribution in [0.5, 0.6) is 0 Å². The van der Waals surface area contributed by atoms with Gasteiger partial charge in [-0.05, 0) is 6.42 Å². The Labute approximate surface area is 114 Å². The molecule has 1 fully saturated rings. The summed E-state index contributed by atoms with van der Waals surface area (Å²) in [5, 5.41) is 0. The summed E-state index contributed by atoms with van der Waals surface area (Å²) in [6.07, 6.45) is 11.7. The highest BCUT2D eigenvalue weighted by molar-refractivity contribution is 6.50. The van der Waals surface area contributed by atoms with Crippen LogP contribution in [0.4, 0.5) is 17.3 Å². The molecule has 1 saturated heterocycles. The predicted molar refractivity (Wildman–Crippen MR) is 72.9 cm³/mol. The zero-order valence-corrected chi connectivity index (χ0v) is 12.2. The molecule has 0 saturated carbocycles. The van der Waals surface area contributed by atoms with Gasteiger partial charge in [0.15, 0.2) is 0 Å². The maximum absolute atomic E-state index is 9.75. The first kappa shape index (κ1) is 18.7. The SMILES string of the molecule is CCCCCCCCC1CC[NH+](C)C1.F[B-](F)(F)F. The number of nitrogens with one attached hydrogen (secondary N) is 1. The molecule has 1 nitrogen and oxygen atoms in total. The van der Waals surface area contributed by atoms with Crippen LogP contribution in [-0.2, 0) is 0 Å². The number of halogens is 4. The third-order valence-electron chi connectivity index (χ3n) is 3.58. The minimum absolute atomic E-state index is 1.06. The molecule has 6 heteroatoms. The Kier molecular flexibility index (Phi) is 10.4. The largest absolute Gasteiger partial charge is 0.673 e. The molecule has 19 heavy (non-hydrogen) atoms. The highest BCUT2D eigenvalue weighted by Crippen LogP contribution is 2.15. The van der Waals surface area contributed by atoms with E-state index >= 15 is 0 Å². The van der Waals surface area contributed by atoms with E-state index in [1.807, 2.05) is 0 Å². The zero-order valence-electron chi connectivity index (χ0n) is 12.2. The first-order valence-corrected chi connectivity index (χ1v) is 7.51. The van der Waals surface area contributed by atoms with Gasteiger partial charge in [-0.2, -0.15) is 0 Å². The lowest BCUT2D eigenvalue weighted by atomic mass is 10.00. The Morgan fingerprint density at radius 1 is 1.00 bits per heavy atom. The van der Waals surface area contributed by atoms with Gasteiger partial charge in [-0.3, -0.25) is 0 Å². The van der Waals surface area contributed by atoms with Gasteiger partial charge in [-0.1, -0.05) is 45.4 Å². The van der Waals surface area contributed by atoms with Crippen LogP contribution in [0.1, 0.15) is 58.3 Å². The molecule has 0 aromatic rings. The van der Waals surface area contributed by atoms with Gasteiger partial charge in [0.1, 0.15) is 0 Å². The Balaban J connectivity index is 0.000000555. The van der Waals surface area contributed by atoms with E-state index in [9.17, 15) is 17.3 Å². The van der Waals surface area contributed by atoms with Crippen LogP contribution in [-0.4, -0.2) is 27.4 Å². The van der Waals surface area contributed by atoms with E-state index in [1.54, 1.807) is 4.90 Å². The average Bonchev–Trinajstić information content (AvgIpc) is 2.67. The highest BCUT2D eigenvalue weighted by atomic mass is 19.5. The van der Waals surface area contributed by atoms with Crippen LogP contribution >= 0.6 is 0 Å². The molecule has 0 aliphatic carbocycles. The maximum Gasteiger partial charge on any atom is 0.673 e. The monoisotopic (exact) mass is 285 g/mol. The number of hydrogen-bond donors (Lipinski definition) is 1. The molecule has 116 valence electrons. The van der Waals surface area contributed by atoms with Gasteiger partial charge < -0.3 is 22.2 Å². The van der Waals surface area contributed by atoms with Gasteiger partial charge >= 0.3 is 7.25 Å². The lowest BCUT2D eigenvalue weighted by Crippen LogP contribution is -3.07. The summed E-state index contributed by atoms with van der Waals surface area (Å²) >= 11 is 0. The minimum atomic E-state index is -6.00. The van der Waals surface area contributed by atoms with Crippen molar-refractivity contribution in [2.24, 2.45) is 5.92 Å². The van der Waals surface area contributed by atoms with Gasteiger partial charge in [0.2, 0.25) is 0 Å². The van der Waals surface area contributed by atoms with E-state index in [2.05, 4.69) is 14.0 Å². The first-order valence-electron chi connectivity index (χ1n) is 7.51. The number of unbranched alkanes of at least 4 members (excludes halogenated alkanes) is 5. The molecular formula is C13H28BF4N. The summed E-state index contributed by atoms with van der Waals surface area (Å²) < 4.78 is 39.0. The fourth-order valence-electron chi connectivity index (χ4n) is 2.61. The van der Waals surface area contributed by atoms with Gasteiger partial charge in [0.05, 0.1) is 20.1 Å². The van der Waals surface area contributed by atoms with Crippen LogP contribution in [0.25, 0.3) is 0 Å². The Morgan fingerprint density at radius 2 is 1.53 bits per heavy atom. The van der Waals surface area contributed by atoms with E-state index in [0.29, 0.717) is 0 Å². The highest BCUT2D eigenvalue weighted by Gasteiger charge is 2.22. The van der Waals surface area contributed by atoms with Crippen LogP contribution < -0.4 is 4.90 Å². The second-order valence-electron chi connectivity index (χ2n) is 5.62. The van der Waals surface area contributed by atoms with Crippen molar-refractivity contribution in [2.45, 2.75) is 58.3 Å². The van der Waals surface area contributed by atoms with Crippen molar-refractivity contribution in [3.63, 3.8) is 0 Å². The molecule has 0 radical (unpaired) electrons. The Hall–Kier alpha value is -0.255. The normalized spacial score (nSPS) is 23.1. The fraction of sp³-hybridized carbons (Fsp3) is 1.00. The molecule has 0 amide bonds. The number of rotatable bonds is 7. The smallest absolute Gasteiger partial charge is 0.418 e. The van der Waals surface area contributed by atoms with Crippen LogP contribution in [0.15, 0.2) is 0 Å². The average molecular weight is 285 g/mol. The van der Waals surface area contributed by atoms with Gasteiger partial charge in [0, 0.05) is 12.3 Å². The second-order valence-corrected chi connectivity index (χ2v) is 5.62. The number of hydrogen-bond acceptors (Lipinski definition) is 0. The van der Waals surface area contributed by atoms with E-state index in [1.165, 1.54) is 64.5 Å². The Bertz CT molecular complexity index is 205.